The fourth-order valence-electron chi connectivity index (χ4n) is 2.42. The molecule has 0 bridgehead atoms. The van der Waals surface area contributed by atoms with Gasteiger partial charge in [0.2, 0.25) is 0 Å². The summed E-state index contributed by atoms with van der Waals surface area (Å²) in [7, 11) is 0. The smallest absolute Gasteiger partial charge is 0.135 e. The van der Waals surface area contributed by atoms with E-state index in [4.69, 9.17) is 4.98 Å². The van der Waals surface area contributed by atoms with Gasteiger partial charge in [0.1, 0.15) is 17.5 Å². The molecular formula is C15H26N4O. The summed E-state index contributed by atoms with van der Waals surface area (Å²) in [6.07, 6.45) is 3.66. The number of aromatic nitrogens is 2. The molecule has 0 saturated heterocycles. The van der Waals surface area contributed by atoms with Gasteiger partial charge < -0.3 is 15.3 Å². The molecule has 1 aliphatic rings. The van der Waals surface area contributed by atoms with Crippen LogP contribution in [0.1, 0.15) is 51.8 Å². The minimum Gasteiger partial charge on any atom is -0.395 e. The van der Waals surface area contributed by atoms with Crippen LogP contribution in [0.25, 0.3) is 0 Å². The lowest BCUT2D eigenvalue weighted by Gasteiger charge is -2.38. The summed E-state index contributed by atoms with van der Waals surface area (Å²) in [5, 5.41) is 12.6. The van der Waals surface area contributed by atoms with Crippen molar-refractivity contribution in [1.82, 2.24) is 9.97 Å². The van der Waals surface area contributed by atoms with Crippen LogP contribution in [0.2, 0.25) is 0 Å². The van der Waals surface area contributed by atoms with Crippen molar-refractivity contribution in [1.29, 1.82) is 0 Å². The van der Waals surface area contributed by atoms with E-state index < -0.39 is 0 Å². The Labute approximate surface area is 121 Å². The number of hydrogen-bond donors (Lipinski definition) is 2. The molecule has 0 amide bonds. The number of anilines is 2. The first-order chi connectivity index (χ1) is 9.65. The number of nitrogens with zero attached hydrogens (tertiary/aromatic N) is 3. The van der Waals surface area contributed by atoms with Crippen molar-refractivity contribution in [2.75, 3.05) is 29.9 Å². The molecule has 2 N–H and O–H groups in total. The summed E-state index contributed by atoms with van der Waals surface area (Å²) in [6, 6.07) is 2.52. The van der Waals surface area contributed by atoms with Crippen LogP contribution in [0, 0.1) is 0 Å². The summed E-state index contributed by atoms with van der Waals surface area (Å²) in [5.41, 5.74) is 0. The second-order valence-corrected chi connectivity index (χ2v) is 5.66. The average Bonchev–Trinajstić information content (AvgIpc) is 2.36. The van der Waals surface area contributed by atoms with Gasteiger partial charge in [-0.15, -0.1) is 0 Å². The molecule has 1 aromatic heterocycles. The monoisotopic (exact) mass is 278 g/mol. The lowest BCUT2D eigenvalue weighted by Crippen LogP contribution is -2.42. The molecule has 0 radical (unpaired) electrons. The van der Waals surface area contributed by atoms with Gasteiger partial charge in [-0.1, -0.05) is 13.8 Å². The summed E-state index contributed by atoms with van der Waals surface area (Å²) in [5.74, 6) is 2.98. The van der Waals surface area contributed by atoms with Crippen LogP contribution in [0.5, 0.6) is 0 Å². The second-order valence-electron chi connectivity index (χ2n) is 5.66. The third kappa shape index (κ3) is 3.39. The number of aliphatic hydroxyl groups is 1. The first kappa shape index (κ1) is 15.0. The molecule has 112 valence electrons. The van der Waals surface area contributed by atoms with E-state index in [-0.39, 0.29) is 6.61 Å². The van der Waals surface area contributed by atoms with Crippen LogP contribution in [-0.2, 0) is 0 Å². The second kappa shape index (κ2) is 6.88. The number of rotatable bonds is 7. The Bertz CT molecular complexity index is 432. The van der Waals surface area contributed by atoms with Gasteiger partial charge in [0.25, 0.3) is 0 Å². The van der Waals surface area contributed by atoms with Crippen LogP contribution in [-0.4, -0.2) is 40.8 Å². The molecule has 5 nitrogen and oxygen atoms in total. The molecule has 0 aliphatic heterocycles. The van der Waals surface area contributed by atoms with E-state index in [2.05, 4.69) is 36.0 Å². The van der Waals surface area contributed by atoms with E-state index in [9.17, 15) is 5.11 Å². The maximum absolute atomic E-state index is 9.32. The van der Waals surface area contributed by atoms with E-state index in [1.54, 1.807) is 0 Å². The van der Waals surface area contributed by atoms with E-state index in [1.165, 1.54) is 19.3 Å². The largest absolute Gasteiger partial charge is 0.395 e. The molecule has 20 heavy (non-hydrogen) atoms. The fourth-order valence-corrected chi connectivity index (χ4v) is 2.42. The summed E-state index contributed by atoms with van der Waals surface area (Å²) >= 11 is 0. The Morgan fingerprint density at radius 1 is 1.40 bits per heavy atom. The van der Waals surface area contributed by atoms with Crippen molar-refractivity contribution in [3.8, 4) is 0 Å². The molecule has 0 atom stereocenters. The van der Waals surface area contributed by atoms with Crippen molar-refractivity contribution in [3.63, 3.8) is 0 Å². The molecule has 0 aromatic carbocycles. The lowest BCUT2D eigenvalue weighted by molar-refractivity contribution is 0.283. The molecule has 1 aromatic rings. The summed E-state index contributed by atoms with van der Waals surface area (Å²) in [4.78, 5) is 11.5. The Kier molecular flexibility index (Phi) is 5.17. The highest BCUT2D eigenvalue weighted by Gasteiger charge is 2.26. The van der Waals surface area contributed by atoms with Crippen LogP contribution in [0.15, 0.2) is 6.07 Å². The topological polar surface area (TPSA) is 61.3 Å². The fraction of sp³-hybridized carbons (Fsp3) is 0.733. The van der Waals surface area contributed by atoms with Crippen molar-refractivity contribution >= 4 is 11.6 Å². The van der Waals surface area contributed by atoms with E-state index in [0.29, 0.717) is 18.5 Å². The van der Waals surface area contributed by atoms with Gasteiger partial charge in [0.05, 0.1) is 6.61 Å². The van der Waals surface area contributed by atoms with Crippen LogP contribution in [0.3, 0.4) is 0 Å². The molecular weight excluding hydrogens is 252 g/mol. The Hall–Kier alpha value is -1.36. The number of nitrogens with one attached hydrogen (secondary N) is 1. The van der Waals surface area contributed by atoms with Crippen LogP contribution < -0.4 is 10.2 Å². The van der Waals surface area contributed by atoms with E-state index in [1.807, 2.05) is 6.07 Å². The predicted octanol–water partition coefficient (Wildman–Crippen LogP) is 2.38. The van der Waals surface area contributed by atoms with E-state index in [0.717, 1.165) is 24.0 Å². The van der Waals surface area contributed by atoms with Crippen molar-refractivity contribution in [2.24, 2.45) is 0 Å². The zero-order valence-electron chi connectivity index (χ0n) is 12.8. The molecule has 1 heterocycles. The van der Waals surface area contributed by atoms with Crippen molar-refractivity contribution in [2.45, 2.75) is 52.0 Å². The minimum absolute atomic E-state index is 0.161. The highest BCUT2D eigenvalue weighted by atomic mass is 16.3. The van der Waals surface area contributed by atoms with Crippen molar-refractivity contribution < 1.29 is 5.11 Å². The Morgan fingerprint density at radius 3 is 2.65 bits per heavy atom. The first-order valence-electron chi connectivity index (χ1n) is 7.66. The Balaban J connectivity index is 2.30. The maximum atomic E-state index is 9.32. The zero-order chi connectivity index (χ0) is 14.5. The quantitative estimate of drug-likeness (QED) is 0.802. The molecule has 0 spiro atoms. The van der Waals surface area contributed by atoms with Crippen LogP contribution in [0.4, 0.5) is 11.6 Å². The predicted molar refractivity (Wildman–Crippen MR) is 82.4 cm³/mol. The van der Waals surface area contributed by atoms with Gasteiger partial charge in [-0.3, -0.25) is 0 Å². The third-order valence-electron chi connectivity index (χ3n) is 3.75. The maximum Gasteiger partial charge on any atom is 0.135 e. The SMILES string of the molecule is CCNc1cc(N(CCO)C2CCC2)nc(C(C)C)n1. The minimum atomic E-state index is 0.161. The molecule has 0 unspecified atom stereocenters. The van der Waals surface area contributed by atoms with Gasteiger partial charge in [0.15, 0.2) is 0 Å². The van der Waals surface area contributed by atoms with Crippen LogP contribution >= 0.6 is 0 Å². The van der Waals surface area contributed by atoms with Gasteiger partial charge in [-0.25, -0.2) is 9.97 Å². The molecule has 5 heteroatoms. The lowest BCUT2D eigenvalue weighted by atomic mass is 9.91. The summed E-state index contributed by atoms with van der Waals surface area (Å²) in [6.45, 7) is 7.92. The first-order valence-corrected chi connectivity index (χ1v) is 7.66. The average molecular weight is 278 g/mol. The van der Waals surface area contributed by atoms with Crippen molar-refractivity contribution in [3.05, 3.63) is 11.9 Å². The summed E-state index contributed by atoms with van der Waals surface area (Å²) < 4.78 is 0. The van der Waals surface area contributed by atoms with E-state index >= 15 is 0 Å². The normalized spacial score (nSPS) is 15.2. The number of aliphatic hydroxyl groups excluding tert-OH is 1. The highest BCUT2D eigenvalue weighted by Crippen LogP contribution is 2.30. The highest BCUT2D eigenvalue weighted by molar-refractivity contribution is 5.50. The molecule has 1 saturated carbocycles. The third-order valence-corrected chi connectivity index (χ3v) is 3.75. The Morgan fingerprint density at radius 2 is 2.15 bits per heavy atom. The molecule has 1 aliphatic carbocycles. The zero-order valence-corrected chi connectivity index (χ0v) is 12.8. The van der Waals surface area contributed by atoms with Gasteiger partial charge in [-0.05, 0) is 26.2 Å². The van der Waals surface area contributed by atoms with Gasteiger partial charge in [0, 0.05) is 31.1 Å². The van der Waals surface area contributed by atoms with Gasteiger partial charge in [-0.2, -0.15) is 0 Å². The molecule has 1 fully saturated rings. The van der Waals surface area contributed by atoms with Gasteiger partial charge >= 0.3 is 0 Å². The standard InChI is InChI=1S/C15H26N4O/c1-4-16-13-10-14(18-15(17-13)11(2)3)19(8-9-20)12-6-5-7-12/h10-12,20H,4-9H2,1-3H3,(H,16,17,18). The number of hydrogen-bond acceptors (Lipinski definition) is 5. The molecule has 2 rings (SSSR count).